The summed E-state index contributed by atoms with van der Waals surface area (Å²) in [4.78, 5) is 0. The Labute approximate surface area is 63.1 Å². The Bertz CT molecular complexity index is 174. The highest BCUT2D eigenvalue weighted by Gasteiger charge is 2.30. The summed E-state index contributed by atoms with van der Waals surface area (Å²) in [6.45, 7) is 5.71. The van der Waals surface area contributed by atoms with Crippen molar-refractivity contribution in [3.63, 3.8) is 0 Å². The molecule has 3 nitrogen and oxygen atoms in total. The molecule has 10 heavy (non-hydrogen) atoms. The van der Waals surface area contributed by atoms with Crippen LogP contribution in [0.1, 0.15) is 13.8 Å². The Kier molecular flexibility index (Phi) is 2.31. The predicted molar refractivity (Wildman–Crippen MR) is 40.2 cm³/mol. The van der Waals surface area contributed by atoms with Crippen LogP contribution in [0.5, 0.6) is 0 Å². The van der Waals surface area contributed by atoms with Gasteiger partial charge < -0.3 is 0 Å². The Morgan fingerprint density at radius 2 is 1.90 bits per heavy atom. The summed E-state index contributed by atoms with van der Waals surface area (Å²) >= 11 is 0. The van der Waals surface area contributed by atoms with Crippen LogP contribution in [0.2, 0.25) is 0 Å². The van der Waals surface area contributed by atoms with Gasteiger partial charge in [-0.05, 0) is 11.8 Å². The minimum atomic E-state index is -2.29. The molecule has 4 heteroatoms. The highest BCUT2D eigenvalue weighted by Crippen LogP contribution is 2.22. The fraction of sp³-hybridized carbons (Fsp3) is 1.00. The molecule has 1 saturated heterocycles. The zero-order valence-corrected chi connectivity index (χ0v) is 7.17. The summed E-state index contributed by atoms with van der Waals surface area (Å²) in [7, 11) is -2.29. The molecular formula is C6H13NO2S. The minimum Gasteiger partial charge on any atom is -0.215 e. The largest absolute Gasteiger partial charge is 0.215 e. The zero-order valence-electron chi connectivity index (χ0n) is 6.28. The van der Waals surface area contributed by atoms with Gasteiger partial charge in [-0.25, -0.2) is 12.7 Å². The van der Waals surface area contributed by atoms with Crippen molar-refractivity contribution in [1.29, 1.82) is 0 Å². The molecule has 0 aromatic carbocycles. The number of hydrogen-bond donors (Lipinski definition) is 1. The minimum absolute atomic E-state index is 0.591. The molecule has 1 aliphatic rings. The summed E-state index contributed by atoms with van der Waals surface area (Å²) in [6.07, 6.45) is 0. The van der Waals surface area contributed by atoms with Gasteiger partial charge in [-0.3, -0.25) is 0 Å². The van der Waals surface area contributed by atoms with Crippen molar-refractivity contribution in [3.8, 4) is 0 Å². The molecule has 0 unspecified atom stereocenters. The lowest BCUT2D eigenvalue weighted by Gasteiger charge is -2.36. The number of thiol groups is 1. The van der Waals surface area contributed by atoms with Gasteiger partial charge in [-0.2, -0.15) is 0 Å². The summed E-state index contributed by atoms with van der Waals surface area (Å²) in [5.74, 6) is 1.21. The molecule has 1 heterocycles. The second kappa shape index (κ2) is 2.88. The van der Waals surface area contributed by atoms with E-state index in [-0.39, 0.29) is 0 Å². The van der Waals surface area contributed by atoms with Crippen LogP contribution in [-0.2, 0) is 10.9 Å². The van der Waals surface area contributed by atoms with E-state index in [1.54, 1.807) is 0 Å². The van der Waals surface area contributed by atoms with Crippen molar-refractivity contribution in [1.82, 2.24) is 4.31 Å². The van der Waals surface area contributed by atoms with Gasteiger partial charge >= 0.3 is 0 Å². The molecule has 60 valence electrons. The van der Waals surface area contributed by atoms with Gasteiger partial charge in [0.1, 0.15) is 0 Å². The van der Waals surface area contributed by atoms with Crippen LogP contribution in [0.3, 0.4) is 0 Å². The average molecular weight is 163 g/mol. The fourth-order valence-corrected chi connectivity index (χ4v) is 1.73. The molecule has 0 bridgehead atoms. The van der Waals surface area contributed by atoms with Crippen LogP contribution in [-0.4, -0.2) is 25.8 Å². The highest BCUT2D eigenvalue weighted by molar-refractivity contribution is 7.69. The molecule has 0 N–H and O–H groups in total. The third-order valence-electron chi connectivity index (χ3n) is 2.06. The third-order valence-corrected chi connectivity index (χ3v) is 2.85. The maximum absolute atomic E-state index is 10.3. The smallest absolute Gasteiger partial charge is 0.203 e. The number of hydrogen-bond acceptors (Lipinski definition) is 2. The van der Waals surface area contributed by atoms with Gasteiger partial charge in [-0.15, -0.1) is 0 Å². The summed E-state index contributed by atoms with van der Waals surface area (Å²) in [6, 6.07) is 0. The first kappa shape index (κ1) is 8.01. The molecular weight excluding hydrogens is 150 g/mol. The van der Waals surface area contributed by atoms with Crippen molar-refractivity contribution in [3.05, 3.63) is 0 Å². The van der Waals surface area contributed by atoms with Crippen LogP contribution in [0.4, 0.5) is 0 Å². The molecule has 0 aliphatic carbocycles. The zero-order chi connectivity index (χ0) is 7.72. The van der Waals surface area contributed by atoms with Crippen molar-refractivity contribution >= 4 is 10.9 Å². The summed E-state index contributed by atoms with van der Waals surface area (Å²) < 4.78 is 22.1. The van der Waals surface area contributed by atoms with Gasteiger partial charge in [0.05, 0.1) is 0 Å². The van der Waals surface area contributed by atoms with Crippen LogP contribution in [0, 0.1) is 11.8 Å². The van der Waals surface area contributed by atoms with Gasteiger partial charge in [-0.1, -0.05) is 13.8 Å². The third kappa shape index (κ3) is 1.49. The van der Waals surface area contributed by atoms with Gasteiger partial charge in [0, 0.05) is 13.1 Å². The monoisotopic (exact) mass is 163 g/mol. The normalized spacial score (nSPS) is 22.0. The molecule has 0 radical (unpaired) electrons. The molecule has 0 atom stereocenters. The van der Waals surface area contributed by atoms with E-state index in [0.29, 0.717) is 11.8 Å². The van der Waals surface area contributed by atoms with E-state index in [9.17, 15) is 8.42 Å². The van der Waals surface area contributed by atoms with Crippen LogP contribution in [0.25, 0.3) is 0 Å². The molecule has 0 aromatic rings. The second-order valence-corrected chi connectivity index (χ2v) is 4.15. The van der Waals surface area contributed by atoms with Crippen LogP contribution in [0.15, 0.2) is 0 Å². The van der Waals surface area contributed by atoms with Gasteiger partial charge in [0.2, 0.25) is 10.9 Å². The molecule has 1 aliphatic heterocycles. The first-order chi connectivity index (χ1) is 4.61. The van der Waals surface area contributed by atoms with Crippen molar-refractivity contribution in [2.45, 2.75) is 13.8 Å². The summed E-state index contributed by atoms with van der Waals surface area (Å²) in [5, 5.41) is 0. The lowest BCUT2D eigenvalue weighted by Crippen LogP contribution is -2.47. The van der Waals surface area contributed by atoms with E-state index in [2.05, 4.69) is 13.8 Å². The Balaban J connectivity index is 2.31. The van der Waals surface area contributed by atoms with Gasteiger partial charge in [0.15, 0.2) is 0 Å². The quantitative estimate of drug-likeness (QED) is 0.586. The molecule has 1 fully saturated rings. The highest BCUT2D eigenvalue weighted by atomic mass is 32.2. The predicted octanol–water partition coefficient (Wildman–Crippen LogP) is 0.101. The first-order valence-electron chi connectivity index (χ1n) is 3.50. The summed E-state index contributed by atoms with van der Waals surface area (Å²) in [5.41, 5.74) is 0. The maximum atomic E-state index is 10.3. The second-order valence-electron chi connectivity index (χ2n) is 3.11. The maximum Gasteiger partial charge on any atom is 0.203 e. The van der Waals surface area contributed by atoms with Crippen LogP contribution < -0.4 is 0 Å². The van der Waals surface area contributed by atoms with Crippen LogP contribution >= 0.6 is 0 Å². The van der Waals surface area contributed by atoms with Crippen molar-refractivity contribution < 1.29 is 8.42 Å². The lowest BCUT2D eigenvalue weighted by molar-refractivity contribution is 0.157. The Hall–Kier alpha value is -0.0900. The topological polar surface area (TPSA) is 37.4 Å². The lowest BCUT2D eigenvalue weighted by atomic mass is 9.91. The van der Waals surface area contributed by atoms with E-state index in [1.807, 2.05) is 0 Å². The number of nitrogens with zero attached hydrogens (tertiary/aromatic N) is 1. The molecule has 1 rings (SSSR count). The van der Waals surface area contributed by atoms with E-state index in [4.69, 9.17) is 0 Å². The Morgan fingerprint density at radius 3 is 2.20 bits per heavy atom. The first-order valence-corrected chi connectivity index (χ1v) is 4.63. The van der Waals surface area contributed by atoms with E-state index >= 15 is 0 Å². The fourth-order valence-electron chi connectivity index (χ4n) is 1.04. The molecule has 0 aromatic heterocycles. The average Bonchev–Trinajstić information content (AvgIpc) is 1.56. The van der Waals surface area contributed by atoms with E-state index < -0.39 is 10.9 Å². The van der Waals surface area contributed by atoms with E-state index in [0.717, 1.165) is 13.1 Å². The Morgan fingerprint density at radius 1 is 1.40 bits per heavy atom. The number of rotatable bonds is 2. The van der Waals surface area contributed by atoms with E-state index in [1.165, 1.54) is 4.31 Å². The van der Waals surface area contributed by atoms with Crippen molar-refractivity contribution in [2.24, 2.45) is 11.8 Å². The molecule has 0 saturated carbocycles. The SMILES string of the molecule is CC(C)C1CN([SH](=O)=O)C1. The van der Waals surface area contributed by atoms with Crippen molar-refractivity contribution in [2.75, 3.05) is 13.1 Å². The molecule has 0 spiro atoms. The standard InChI is InChI=1S/C6H13NO2S/c1-5(2)6-3-7(4-6)10(8)9/h5-6,10H,3-4H2,1-2H3. The van der Waals surface area contributed by atoms with Gasteiger partial charge in [0.25, 0.3) is 0 Å². The molecule has 0 amide bonds.